The van der Waals surface area contributed by atoms with Crippen LogP contribution in [0.15, 0.2) is 24.8 Å². The highest BCUT2D eigenvalue weighted by molar-refractivity contribution is 6.45. The van der Waals surface area contributed by atoms with Crippen LogP contribution in [0, 0.1) is 23.6 Å². The third-order valence-electron chi connectivity index (χ3n) is 8.03. The normalized spacial score (nSPS) is 25.9. The lowest BCUT2D eigenvalue weighted by atomic mass is 9.85. The van der Waals surface area contributed by atoms with Crippen LogP contribution in [0.4, 0.5) is 4.39 Å². The first-order valence-electron chi connectivity index (χ1n) is 12.2. The summed E-state index contributed by atoms with van der Waals surface area (Å²) in [5.41, 5.74) is 0.158. The van der Waals surface area contributed by atoms with Gasteiger partial charge in [0.1, 0.15) is 0 Å². The number of nitrogens with one attached hydrogen (secondary N) is 1. The molecule has 1 aliphatic heterocycles. The van der Waals surface area contributed by atoms with Crippen LogP contribution in [0.1, 0.15) is 36.0 Å². The molecule has 188 valence electrons. The number of aromatic amines is 1. The summed E-state index contributed by atoms with van der Waals surface area (Å²) in [6.07, 6.45) is 8.22. The second-order valence-corrected chi connectivity index (χ2v) is 9.92. The number of halogens is 1. The Balaban J connectivity index is 1.15. The number of hydrogen-bond acceptors (Lipinski definition) is 7. The van der Waals surface area contributed by atoms with Gasteiger partial charge in [0.2, 0.25) is 5.91 Å². The summed E-state index contributed by atoms with van der Waals surface area (Å²) in [5, 5.41) is 17.7. The van der Waals surface area contributed by atoms with Gasteiger partial charge in [-0.1, -0.05) is 5.21 Å². The number of fused-ring (bicyclic) bond motifs is 3. The van der Waals surface area contributed by atoms with Crippen LogP contribution in [0.5, 0.6) is 0 Å². The van der Waals surface area contributed by atoms with Crippen molar-refractivity contribution in [2.75, 3.05) is 26.2 Å². The van der Waals surface area contributed by atoms with Crippen molar-refractivity contribution in [1.82, 2.24) is 34.8 Å². The van der Waals surface area contributed by atoms with E-state index in [2.05, 4.69) is 20.3 Å². The molecule has 11 nitrogen and oxygen atoms in total. The number of H-pyrrole nitrogens is 1. The number of aliphatic hydroxyl groups excluding tert-OH is 1. The number of piperazine rings is 1. The predicted octanol–water partition coefficient (Wildman–Crippen LogP) is 0.933. The van der Waals surface area contributed by atoms with E-state index in [4.69, 9.17) is 0 Å². The summed E-state index contributed by atoms with van der Waals surface area (Å²) in [6.45, 7) is 1.15. The van der Waals surface area contributed by atoms with Crippen LogP contribution < -0.4 is 0 Å². The molecule has 6 rings (SSSR count). The van der Waals surface area contributed by atoms with Gasteiger partial charge < -0.3 is 19.9 Å². The minimum atomic E-state index is -0.825. The molecule has 2 N–H and O–H groups in total. The maximum atomic E-state index is 14.7. The molecule has 0 radical (unpaired) electrons. The topological polar surface area (TPSA) is 137 Å². The summed E-state index contributed by atoms with van der Waals surface area (Å²) in [5.74, 6) is -1.49. The molecular formula is C24H26FN7O4. The van der Waals surface area contributed by atoms with E-state index in [-0.39, 0.29) is 59.2 Å². The van der Waals surface area contributed by atoms with E-state index in [0.717, 1.165) is 31.9 Å². The van der Waals surface area contributed by atoms with Crippen LogP contribution in [0.2, 0.25) is 0 Å². The quantitative estimate of drug-likeness (QED) is 0.406. The van der Waals surface area contributed by atoms with E-state index in [0.29, 0.717) is 19.0 Å². The highest BCUT2D eigenvalue weighted by atomic mass is 19.1. The van der Waals surface area contributed by atoms with Crippen LogP contribution >= 0.6 is 0 Å². The van der Waals surface area contributed by atoms with E-state index >= 15 is 0 Å². The first-order valence-corrected chi connectivity index (χ1v) is 12.2. The number of pyridine rings is 1. The van der Waals surface area contributed by atoms with Crippen molar-refractivity contribution in [3.05, 3.63) is 36.2 Å². The Labute approximate surface area is 205 Å². The van der Waals surface area contributed by atoms with E-state index in [1.807, 2.05) is 0 Å². The molecule has 4 atom stereocenters. The van der Waals surface area contributed by atoms with Crippen LogP contribution in [0.25, 0.3) is 16.7 Å². The third kappa shape index (κ3) is 3.67. The number of carbonyl (C=O) groups excluding carboxylic acids is 3. The van der Waals surface area contributed by atoms with Crippen LogP contribution in [0.3, 0.4) is 0 Å². The molecule has 4 heterocycles. The van der Waals surface area contributed by atoms with Gasteiger partial charge in [-0.05, 0) is 37.5 Å². The molecule has 12 heteroatoms. The number of carbonyl (C=O) groups is 3. The molecule has 2 aliphatic carbocycles. The van der Waals surface area contributed by atoms with Crippen molar-refractivity contribution in [3.8, 4) is 5.82 Å². The number of amides is 2. The molecule has 3 aromatic heterocycles. The standard InChI is InChI=1S/C24H26FN7O4/c25-17-12-27-22(32-4-3-28-29-32)20-19(17)16(11-26-20)21(34)24(36)31-7-5-30(6-8-31)23(35)15-10-14-9-13(15)1-2-18(14)33/h3-4,11-15,18,26,33H,1-2,5-10H2/t13-,14-,15?,18?/m1/s1. The highest BCUT2D eigenvalue weighted by Gasteiger charge is 2.46. The van der Waals surface area contributed by atoms with Gasteiger partial charge in [-0.25, -0.2) is 14.1 Å². The van der Waals surface area contributed by atoms with E-state index in [1.165, 1.54) is 28.2 Å². The Morgan fingerprint density at radius 1 is 1.06 bits per heavy atom. The molecular weight excluding hydrogens is 469 g/mol. The first kappa shape index (κ1) is 22.8. The molecule has 2 unspecified atom stereocenters. The molecule has 2 bridgehead atoms. The Kier molecular flexibility index (Phi) is 5.55. The average Bonchev–Trinajstić information content (AvgIpc) is 3.65. The van der Waals surface area contributed by atoms with Gasteiger partial charge in [-0.2, -0.15) is 0 Å². The maximum absolute atomic E-state index is 14.7. The lowest BCUT2D eigenvalue weighted by Gasteiger charge is -2.36. The lowest BCUT2D eigenvalue weighted by molar-refractivity contribution is -0.141. The number of ketones is 1. The largest absolute Gasteiger partial charge is 0.393 e. The van der Waals surface area contributed by atoms with Crippen molar-refractivity contribution >= 4 is 28.5 Å². The summed E-state index contributed by atoms with van der Waals surface area (Å²) in [4.78, 5) is 49.4. The van der Waals surface area contributed by atoms with E-state index in [9.17, 15) is 23.9 Å². The number of hydrogen-bond donors (Lipinski definition) is 2. The van der Waals surface area contributed by atoms with E-state index < -0.39 is 17.5 Å². The van der Waals surface area contributed by atoms with Crippen LogP contribution in [-0.2, 0) is 9.59 Å². The first-order chi connectivity index (χ1) is 17.4. The summed E-state index contributed by atoms with van der Waals surface area (Å²) in [7, 11) is 0. The Bertz CT molecular complexity index is 1330. The predicted molar refractivity (Wildman–Crippen MR) is 123 cm³/mol. The molecule has 0 aromatic carbocycles. The van der Waals surface area contributed by atoms with Crippen molar-refractivity contribution in [2.24, 2.45) is 17.8 Å². The molecule has 1 saturated heterocycles. The van der Waals surface area contributed by atoms with Gasteiger partial charge >= 0.3 is 0 Å². The van der Waals surface area contributed by atoms with Gasteiger partial charge in [0.05, 0.1) is 41.2 Å². The third-order valence-corrected chi connectivity index (χ3v) is 8.03. The number of Topliss-reactive ketones (excluding diaryl/α,β-unsaturated/α-hetero) is 1. The van der Waals surface area contributed by atoms with Crippen molar-refractivity contribution in [1.29, 1.82) is 0 Å². The molecule has 0 spiro atoms. The Morgan fingerprint density at radius 3 is 2.56 bits per heavy atom. The second kappa shape index (κ2) is 8.77. The minimum absolute atomic E-state index is 0.0304. The highest BCUT2D eigenvalue weighted by Crippen LogP contribution is 2.46. The molecule has 2 saturated carbocycles. The molecule has 2 amide bonds. The van der Waals surface area contributed by atoms with Crippen molar-refractivity contribution in [3.63, 3.8) is 0 Å². The number of aliphatic hydroxyl groups is 1. The van der Waals surface area contributed by atoms with Crippen molar-refractivity contribution in [2.45, 2.75) is 31.8 Å². The average molecular weight is 496 g/mol. The van der Waals surface area contributed by atoms with Crippen molar-refractivity contribution < 1.29 is 23.9 Å². The van der Waals surface area contributed by atoms with Crippen LogP contribution in [-0.4, -0.2) is 89.7 Å². The number of aromatic nitrogens is 5. The summed E-state index contributed by atoms with van der Waals surface area (Å²) < 4.78 is 16.0. The Morgan fingerprint density at radius 2 is 1.83 bits per heavy atom. The van der Waals surface area contributed by atoms with Gasteiger partial charge in [0, 0.05) is 38.3 Å². The lowest BCUT2D eigenvalue weighted by Crippen LogP contribution is -2.53. The molecule has 36 heavy (non-hydrogen) atoms. The molecule has 3 aliphatic rings. The smallest absolute Gasteiger partial charge is 0.295 e. The van der Waals surface area contributed by atoms with Gasteiger partial charge in [-0.3, -0.25) is 14.4 Å². The van der Waals surface area contributed by atoms with Gasteiger partial charge in [-0.15, -0.1) is 5.10 Å². The summed E-state index contributed by atoms with van der Waals surface area (Å²) >= 11 is 0. The zero-order valence-corrected chi connectivity index (χ0v) is 19.5. The molecule has 3 aromatic rings. The fraction of sp³-hybridized carbons (Fsp3) is 0.500. The fourth-order valence-corrected chi connectivity index (χ4v) is 6.12. The monoisotopic (exact) mass is 495 g/mol. The Hall–Kier alpha value is -3.67. The second-order valence-electron chi connectivity index (χ2n) is 9.92. The zero-order chi connectivity index (χ0) is 25.0. The van der Waals surface area contributed by atoms with Gasteiger partial charge in [0.15, 0.2) is 11.6 Å². The minimum Gasteiger partial charge on any atom is -0.393 e. The zero-order valence-electron chi connectivity index (χ0n) is 19.5. The number of rotatable bonds is 4. The van der Waals surface area contributed by atoms with Gasteiger partial charge in [0.25, 0.3) is 11.7 Å². The molecule has 3 fully saturated rings. The number of nitrogens with zero attached hydrogens (tertiary/aromatic N) is 6. The van der Waals surface area contributed by atoms with E-state index in [1.54, 1.807) is 4.90 Å². The maximum Gasteiger partial charge on any atom is 0.295 e. The fourth-order valence-electron chi connectivity index (χ4n) is 6.12. The summed E-state index contributed by atoms with van der Waals surface area (Å²) in [6, 6.07) is 0. The SMILES string of the molecule is O=C(C(=O)N1CCN(C(=O)C2C[C@H]3C[C@H]2CCC3O)CC1)c1c[nH]c2c(-n3ccnn3)ncc(F)c12.